The van der Waals surface area contributed by atoms with E-state index in [9.17, 15) is 9.59 Å². The first kappa shape index (κ1) is 18.6. The lowest BCUT2D eigenvalue weighted by atomic mass is 9.95. The normalized spacial score (nSPS) is 11.9. The minimum atomic E-state index is -0.688. The molecule has 0 saturated heterocycles. The number of nitrogens with zero attached hydrogens (tertiary/aromatic N) is 1. The summed E-state index contributed by atoms with van der Waals surface area (Å²) in [6.45, 7) is 7.98. The van der Waals surface area contributed by atoms with Crippen LogP contribution in [-0.4, -0.2) is 16.8 Å². The highest BCUT2D eigenvalue weighted by molar-refractivity contribution is 6.39. The molecular weight excluding hydrogens is 314 g/mol. The summed E-state index contributed by atoms with van der Waals surface area (Å²) >= 11 is 0. The Morgan fingerprint density at radius 2 is 1.76 bits per heavy atom. The van der Waals surface area contributed by atoms with Crippen molar-refractivity contribution in [2.24, 2.45) is 5.92 Å². The largest absolute Gasteiger partial charge is 0.341 e. The zero-order valence-corrected chi connectivity index (χ0v) is 15.2. The maximum atomic E-state index is 12.3. The molecular formula is C20H25N3O2. The van der Waals surface area contributed by atoms with Gasteiger partial charge in [0.2, 0.25) is 0 Å². The van der Waals surface area contributed by atoms with Gasteiger partial charge in [-0.05, 0) is 42.0 Å². The topological polar surface area (TPSA) is 71.1 Å². The van der Waals surface area contributed by atoms with Gasteiger partial charge in [0.05, 0.1) is 17.9 Å². The molecule has 1 atom stereocenters. The third kappa shape index (κ3) is 4.89. The number of pyridine rings is 1. The van der Waals surface area contributed by atoms with Crippen LogP contribution in [0.3, 0.4) is 0 Å². The highest BCUT2D eigenvalue weighted by atomic mass is 16.2. The lowest BCUT2D eigenvalue weighted by Gasteiger charge is -2.23. The molecule has 5 heteroatoms. The van der Waals surface area contributed by atoms with E-state index in [1.165, 1.54) is 11.8 Å². The average Bonchev–Trinajstić information content (AvgIpc) is 2.61. The molecule has 0 radical (unpaired) electrons. The molecule has 0 aliphatic rings. The van der Waals surface area contributed by atoms with Crippen LogP contribution in [0.4, 0.5) is 5.69 Å². The van der Waals surface area contributed by atoms with E-state index in [1.807, 2.05) is 32.9 Å². The Kier molecular flexibility index (Phi) is 6.28. The zero-order valence-electron chi connectivity index (χ0n) is 15.2. The van der Waals surface area contributed by atoms with Crippen molar-refractivity contribution in [1.82, 2.24) is 10.3 Å². The Labute approximate surface area is 148 Å². The molecule has 0 unspecified atom stereocenters. The SMILES string of the molecule is CCc1ccc([C@H](NC(=O)C(=O)Nc2cnccc2C)C(C)C)cc1. The van der Waals surface area contributed by atoms with Crippen LogP contribution in [0.1, 0.15) is 43.5 Å². The van der Waals surface area contributed by atoms with Crippen molar-refractivity contribution in [3.8, 4) is 0 Å². The number of aromatic nitrogens is 1. The lowest BCUT2D eigenvalue weighted by molar-refractivity contribution is -0.136. The van der Waals surface area contributed by atoms with Crippen molar-refractivity contribution in [1.29, 1.82) is 0 Å². The minimum absolute atomic E-state index is 0.157. The molecule has 0 bridgehead atoms. The van der Waals surface area contributed by atoms with E-state index in [0.29, 0.717) is 5.69 Å². The molecule has 25 heavy (non-hydrogen) atoms. The second-order valence-corrected chi connectivity index (χ2v) is 6.44. The number of hydrogen-bond donors (Lipinski definition) is 2. The van der Waals surface area contributed by atoms with E-state index in [1.54, 1.807) is 12.3 Å². The summed E-state index contributed by atoms with van der Waals surface area (Å²) < 4.78 is 0. The number of anilines is 1. The maximum absolute atomic E-state index is 12.3. The molecule has 0 spiro atoms. The number of benzene rings is 1. The summed E-state index contributed by atoms with van der Waals surface area (Å²) in [4.78, 5) is 28.5. The minimum Gasteiger partial charge on any atom is -0.341 e. The Bertz CT molecular complexity index is 739. The summed E-state index contributed by atoms with van der Waals surface area (Å²) in [5.74, 6) is -1.18. The Hall–Kier alpha value is -2.69. The Balaban J connectivity index is 2.09. The highest BCUT2D eigenvalue weighted by Crippen LogP contribution is 2.22. The van der Waals surface area contributed by atoms with Crippen molar-refractivity contribution in [3.63, 3.8) is 0 Å². The average molecular weight is 339 g/mol. The van der Waals surface area contributed by atoms with Gasteiger partial charge in [0.25, 0.3) is 0 Å². The summed E-state index contributed by atoms with van der Waals surface area (Å²) in [6.07, 6.45) is 4.13. The van der Waals surface area contributed by atoms with Crippen molar-refractivity contribution in [2.45, 2.75) is 40.2 Å². The number of aryl methyl sites for hydroxylation is 2. The van der Waals surface area contributed by atoms with Gasteiger partial charge in [-0.25, -0.2) is 0 Å². The van der Waals surface area contributed by atoms with Crippen LogP contribution in [0.25, 0.3) is 0 Å². The van der Waals surface area contributed by atoms with E-state index in [-0.39, 0.29) is 12.0 Å². The van der Waals surface area contributed by atoms with Crippen molar-refractivity contribution >= 4 is 17.5 Å². The third-order valence-electron chi connectivity index (χ3n) is 4.19. The molecule has 132 valence electrons. The number of amides is 2. The number of rotatable bonds is 5. The number of carbonyl (C=O) groups is 2. The smallest absolute Gasteiger partial charge is 0.313 e. The first-order chi connectivity index (χ1) is 11.9. The zero-order chi connectivity index (χ0) is 18.4. The molecule has 0 fully saturated rings. The predicted molar refractivity (Wildman–Crippen MR) is 99.1 cm³/mol. The van der Waals surface area contributed by atoms with E-state index in [2.05, 4.69) is 34.7 Å². The number of nitrogens with one attached hydrogen (secondary N) is 2. The van der Waals surface area contributed by atoms with E-state index in [4.69, 9.17) is 0 Å². The van der Waals surface area contributed by atoms with Crippen LogP contribution in [0, 0.1) is 12.8 Å². The monoisotopic (exact) mass is 339 g/mol. The van der Waals surface area contributed by atoms with Crippen LogP contribution in [0.15, 0.2) is 42.7 Å². The molecule has 0 aliphatic heterocycles. The van der Waals surface area contributed by atoms with Gasteiger partial charge in [0.1, 0.15) is 0 Å². The van der Waals surface area contributed by atoms with Crippen molar-refractivity contribution < 1.29 is 9.59 Å². The van der Waals surface area contributed by atoms with E-state index < -0.39 is 11.8 Å². The fourth-order valence-corrected chi connectivity index (χ4v) is 2.58. The molecule has 1 aromatic carbocycles. The van der Waals surface area contributed by atoms with Crippen molar-refractivity contribution in [2.75, 3.05) is 5.32 Å². The fourth-order valence-electron chi connectivity index (χ4n) is 2.58. The first-order valence-corrected chi connectivity index (χ1v) is 8.53. The predicted octanol–water partition coefficient (Wildman–Crippen LogP) is 3.40. The first-order valence-electron chi connectivity index (χ1n) is 8.53. The molecule has 2 N–H and O–H groups in total. The van der Waals surface area contributed by atoms with Crippen LogP contribution in [0.5, 0.6) is 0 Å². The lowest BCUT2D eigenvalue weighted by Crippen LogP contribution is -2.39. The van der Waals surface area contributed by atoms with Gasteiger partial charge in [-0.1, -0.05) is 45.0 Å². The molecule has 1 aromatic heterocycles. The van der Waals surface area contributed by atoms with E-state index >= 15 is 0 Å². The summed E-state index contributed by atoms with van der Waals surface area (Å²) in [5.41, 5.74) is 3.62. The maximum Gasteiger partial charge on any atom is 0.313 e. The molecule has 5 nitrogen and oxygen atoms in total. The summed E-state index contributed by atoms with van der Waals surface area (Å²) in [6, 6.07) is 9.67. The van der Waals surface area contributed by atoms with Crippen LogP contribution < -0.4 is 10.6 Å². The Morgan fingerprint density at radius 1 is 1.08 bits per heavy atom. The van der Waals surface area contributed by atoms with Gasteiger partial charge in [0.15, 0.2) is 0 Å². The van der Waals surface area contributed by atoms with Gasteiger partial charge in [-0.15, -0.1) is 0 Å². The molecule has 1 heterocycles. The van der Waals surface area contributed by atoms with Gasteiger partial charge < -0.3 is 10.6 Å². The number of hydrogen-bond acceptors (Lipinski definition) is 3. The fraction of sp³-hybridized carbons (Fsp3) is 0.350. The van der Waals surface area contributed by atoms with Crippen LogP contribution in [-0.2, 0) is 16.0 Å². The van der Waals surface area contributed by atoms with Gasteiger partial charge in [-0.2, -0.15) is 0 Å². The molecule has 0 saturated carbocycles. The second-order valence-electron chi connectivity index (χ2n) is 6.44. The van der Waals surface area contributed by atoms with E-state index in [0.717, 1.165) is 17.5 Å². The molecule has 0 aliphatic carbocycles. The van der Waals surface area contributed by atoms with Gasteiger partial charge in [-0.3, -0.25) is 14.6 Å². The van der Waals surface area contributed by atoms with Crippen LogP contribution in [0.2, 0.25) is 0 Å². The second kappa shape index (κ2) is 8.42. The van der Waals surface area contributed by atoms with Gasteiger partial charge >= 0.3 is 11.8 Å². The Morgan fingerprint density at radius 3 is 2.32 bits per heavy atom. The number of carbonyl (C=O) groups excluding carboxylic acids is 2. The van der Waals surface area contributed by atoms with Crippen LogP contribution >= 0.6 is 0 Å². The quantitative estimate of drug-likeness (QED) is 0.820. The molecule has 2 amide bonds. The molecule has 2 rings (SSSR count). The summed E-state index contributed by atoms with van der Waals surface area (Å²) in [5, 5.41) is 5.45. The standard InChI is InChI=1S/C20H25N3O2/c1-5-15-6-8-16(9-7-15)18(13(2)3)23-20(25)19(24)22-17-12-21-11-10-14(17)4/h6-13,18H,5H2,1-4H3,(H,22,24)(H,23,25)/t18-/m1/s1. The van der Waals surface area contributed by atoms with Crippen molar-refractivity contribution in [3.05, 3.63) is 59.4 Å². The molecule has 2 aromatic rings. The highest BCUT2D eigenvalue weighted by Gasteiger charge is 2.22. The van der Waals surface area contributed by atoms with Gasteiger partial charge in [0, 0.05) is 6.20 Å². The summed E-state index contributed by atoms with van der Waals surface area (Å²) in [7, 11) is 0. The third-order valence-corrected chi connectivity index (χ3v) is 4.19.